The minimum Gasteiger partial charge on any atom is -0.496 e. The predicted molar refractivity (Wildman–Crippen MR) is 118 cm³/mol. The van der Waals surface area contributed by atoms with E-state index in [-0.39, 0.29) is 11.3 Å². The summed E-state index contributed by atoms with van der Waals surface area (Å²) < 4.78 is 5.27. The number of primary amides is 1. The highest BCUT2D eigenvalue weighted by atomic mass is 35.5. The minimum atomic E-state index is -0.510. The summed E-state index contributed by atoms with van der Waals surface area (Å²) >= 11 is 7.51. The largest absolute Gasteiger partial charge is 0.496 e. The molecular formula is C22H27ClN2O3S. The third-order valence-electron chi connectivity index (χ3n) is 6.16. The van der Waals surface area contributed by atoms with E-state index in [4.69, 9.17) is 22.1 Å². The lowest BCUT2D eigenvalue weighted by Gasteiger charge is -2.36. The number of fused-ring (bicyclic) bond motifs is 1. The number of amides is 2. The number of nitrogens with two attached hydrogens (primary N) is 1. The fourth-order valence-corrected chi connectivity index (χ4v) is 5.42. The Balaban J connectivity index is 1.94. The Morgan fingerprint density at radius 2 is 2.10 bits per heavy atom. The molecule has 2 aromatic rings. The average molecular weight is 435 g/mol. The van der Waals surface area contributed by atoms with Crippen LogP contribution in [0.25, 0.3) is 0 Å². The molecule has 0 saturated carbocycles. The smallest absolute Gasteiger partial charge is 0.260 e. The zero-order valence-electron chi connectivity index (χ0n) is 17.2. The van der Waals surface area contributed by atoms with Crippen molar-refractivity contribution >= 4 is 39.8 Å². The summed E-state index contributed by atoms with van der Waals surface area (Å²) in [5.41, 5.74) is 7.66. The third kappa shape index (κ3) is 4.28. The Morgan fingerprint density at radius 3 is 2.72 bits per heavy atom. The van der Waals surface area contributed by atoms with Gasteiger partial charge in [0.2, 0.25) is 0 Å². The third-order valence-corrected chi connectivity index (χ3v) is 7.57. The second kappa shape index (κ2) is 8.36. The highest BCUT2D eigenvalue weighted by molar-refractivity contribution is 7.17. The van der Waals surface area contributed by atoms with Crippen molar-refractivity contribution < 1.29 is 14.3 Å². The molecule has 0 spiro atoms. The fourth-order valence-electron chi connectivity index (χ4n) is 3.92. The number of ether oxygens (including phenoxy) is 1. The van der Waals surface area contributed by atoms with Crippen molar-refractivity contribution in [2.24, 2.45) is 17.1 Å². The van der Waals surface area contributed by atoms with Crippen LogP contribution in [0, 0.1) is 11.3 Å². The number of halogens is 1. The van der Waals surface area contributed by atoms with E-state index in [0.29, 0.717) is 32.8 Å². The van der Waals surface area contributed by atoms with Gasteiger partial charge >= 0.3 is 0 Å². The van der Waals surface area contributed by atoms with Crippen molar-refractivity contribution in [1.29, 1.82) is 0 Å². The topological polar surface area (TPSA) is 81.4 Å². The predicted octanol–water partition coefficient (Wildman–Crippen LogP) is 5.30. The molecule has 3 rings (SSSR count). The molecule has 5 nitrogen and oxygen atoms in total. The van der Waals surface area contributed by atoms with Crippen molar-refractivity contribution in [2.75, 3.05) is 12.4 Å². The molecule has 3 N–H and O–H groups in total. The number of benzene rings is 1. The van der Waals surface area contributed by atoms with E-state index >= 15 is 0 Å². The van der Waals surface area contributed by atoms with Crippen LogP contribution in [-0.4, -0.2) is 18.9 Å². The number of hydrogen-bond donors (Lipinski definition) is 2. The lowest BCUT2D eigenvalue weighted by molar-refractivity contribution is 0.0999. The average Bonchev–Trinajstić information content (AvgIpc) is 3.04. The van der Waals surface area contributed by atoms with Crippen LogP contribution >= 0.6 is 22.9 Å². The maximum Gasteiger partial charge on any atom is 0.260 e. The van der Waals surface area contributed by atoms with Gasteiger partial charge in [0.25, 0.3) is 11.8 Å². The normalized spacial score (nSPS) is 16.2. The lowest BCUT2D eigenvalue weighted by Crippen LogP contribution is -2.29. The Labute approximate surface area is 180 Å². The number of carbonyl (C=O) groups is 2. The molecule has 29 heavy (non-hydrogen) atoms. The van der Waals surface area contributed by atoms with Crippen molar-refractivity contribution in [3.63, 3.8) is 0 Å². The van der Waals surface area contributed by atoms with E-state index in [1.807, 2.05) is 0 Å². The van der Waals surface area contributed by atoms with Crippen LogP contribution in [0.15, 0.2) is 18.2 Å². The standard InChI is InChI=1S/C22H27ClN2O3S/c1-5-22(2,3)12-6-8-14-17(10-12)29-21(18(14)19(24)26)25-20(27)15-11-13(23)7-9-16(15)28-4/h7,9,11-12H,5-6,8,10H2,1-4H3,(H2,24,26)(H,25,27). The Kier molecular flexibility index (Phi) is 6.24. The molecule has 0 aliphatic heterocycles. The van der Waals surface area contributed by atoms with E-state index in [0.717, 1.165) is 36.1 Å². The number of carbonyl (C=O) groups excluding carboxylic acids is 2. The minimum absolute atomic E-state index is 0.228. The van der Waals surface area contributed by atoms with E-state index in [1.165, 1.54) is 18.4 Å². The molecule has 0 saturated heterocycles. The van der Waals surface area contributed by atoms with Crippen LogP contribution in [0.2, 0.25) is 5.02 Å². The van der Waals surface area contributed by atoms with Crippen molar-refractivity contribution in [1.82, 2.24) is 0 Å². The molecule has 0 fully saturated rings. The second-order valence-electron chi connectivity index (χ2n) is 8.15. The summed E-state index contributed by atoms with van der Waals surface area (Å²) in [6.45, 7) is 6.79. The molecule has 1 atom stereocenters. The molecular weight excluding hydrogens is 408 g/mol. The highest BCUT2D eigenvalue weighted by Crippen LogP contribution is 2.45. The molecule has 1 aliphatic carbocycles. The van der Waals surface area contributed by atoms with Gasteiger partial charge in [0.15, 0.2) is 0 Å². The van der Waals surface area contributed by atoms with Crippen LogP contribution in [0.4, 0.5) is 5.00 Å². The van der Waals surface area contributed by atoms with Crippen LogP contribution in [-0.2, 0) is 12.8 Å². The lowest BCUT2D eigenvalue weighted by atomic mass is 9.69. The summed E-state index contributed by atoms with van der Waals surface area (Å²) in [6, 6.07) is 4.85. The Hall–Kier alpha value is -2.05. The number of thiophene rings is 1. The molecule has 156 valence electrons. The number of anilines is 1. The fraction of sp³-hybridized carbons (Fsp3) is 0.455. The molecule has 1 aromatic carbocycles. The van der Waals surface area contributed by atoms with Crippen LogP contribution in [0.5, 0.6) is 5.75 Å². The van der Waals surface area contributed by atoms with E-state index < -0.39 is 5.91 Å². The number of hydrogen-bond acceptors (Lipinski definition) is 4. The van der Waals surface area contributed by atoms with Gasteiger partial charge in [0, 0.05) is 9.90 Å². The molecule has 2 amide bonds. The molecule has 1 unspecified atom stereocenters. The van der Waals surface area contributed by atoms with Gasteiger partial charge in [-0.3, -0.25) is 9.59 Å². The van der Waals surface area contributed by atoms with Crippen molar-refractivity contribution in [3.8, 4) is 5.75 Å². The first-order valence-electron chi connectivity index (χ1n) is 9.77. The van der Waals surface area contributed by atoms with Gasteiger partial charge in [-0.15, -0.1) is 11.3 Å². The molecule has 1 aromatic heterocycles. The molecule has 1 aliphatic rings. The zero-order chi connectivity index (χ0) is 21.3. The first-order chi connectivity index (χ1) is 13.7. The summed E-state index contributed by atoms with van der Waals surface area (Å²) in [5.74, 6) is 0.0644. The molecule has 1 heterocycles. The van der Waals surface area contributed by atoms with Gasteiger partial charge in [-0.2, -0.15) is 0 Å². The van der Waals surface area contributed by atoms with Gasteiger partial charge in [0.1, 0.15) is 10.8 Å². The SMILES string of the molecule is CCC(C)(C)C1CCc2c(sc(NC(=O)c3cc(Cl)ccc3OC)c2C(N)=O)C1. The first-order valence-corrected chi connectivity index (χ1v) is 11.0. The van der Waals surface area contributed by atoms with Gasteiger partial charge in [-0.25, -0.2) is 0 Å². The van der Waals surface area contributed by atoms with Crippen LogP contribution in [0.1, 0.15) is 64.8 Å². The van der Waals surface area contributed by atoms with Crippen molar-refractivity contribution in [2.45, 2.75) is 46.5 Å². The van der Waals surface area contributed by atoms with E-state index in [9.17, 15) is 9.59 Å². The van der Waals surface area contributed by atoms with Gasteiger partial charge < -0.3 is 15.8 Å². The van der Waals surface area contributed by atoms with Gasteiger partial charge in [0.05, 0.1) is 18.2 Å². The van der Waals surface area contributed by atoms with Crippen LogP contribution < -0.4 is 15.8 Å². The monoisotopic (exact) mass is 434 g/mol. The summed E-state index contributed by atoms with van der Waals surface area (Å²) in [6.07, 6.45) is 3.81. The summed E-state index contributed by atoms with van der Waals surface area (Å²) in [4.78, 5) is 26.3. The number of rotatable bonds is 6. The molecule has 7 heteroatoms. The maximum absolute atomic E-state index is 12.9. The molecule has 0 bridgehead atoms. The number of nitrogens with one attached hydrogen (secondary N) is 1. The zero-order valence-corrected chi connectivity index (χ0v) is 18.8. The first kappa shape index (κ1) is 21.7. The number of methoxy groups -OCH3 is 1. The van der Waals surface area contributed by atoms with Gasteiger partial charge in [-0.1, -0.05) is 38.8 Å². The second-order valence-corrected chi connectivity index (χ2v) is 9.69. The van der Waals surface area contributed by atoms with Crippen LogP contribution in [0.3, 0.4) is 0 Å². The quantitative estimate of drug-likeness (QED) is 0.646. The summed E-state index contributed by atoms with van der Waals surface area (Å²) in [5, 5.41) is 3.81. The maximum atomic E-state index is 12.9. The Bertz CT molecular complexity index is 952. The molecule has 0 radical (unpaired) electrons. The van der Waals surface area contributed by atoms with Gasteiger partial charge in [-0.05, 0) is 54.4 Å². The Morgan fingerprint density at radius 1 is 1.38 bits per heavy atom. The highest BCUT2D eigenvalue weighted by Gasteiger charge is 2.35. The van der Waals surface area contributed by atoms with Crippen molar-refractivity contribution in [3.05, 3.63) is 44.8 Å². The van der Waals surface area contributed by atoms with E-state index in [2.05, 4.69) is 26.1 Å². The summed E-state index contributed by atoms with van der Waals surface area (Å²) in [7, 11) is 1.49. The van der Waals surface area contributed by atoms with E-state index in [1.54, 1.807) is 18.2 Å².